The Morgan fingerprint density at radius 3 is 3.14 bits per heavy atom. The lowest BCUT2D eigenvalue weighted by Gasteiger charge is -2.31. The number of aromatic nitrogens is 1. The van der Waals surface area contributed by atoms with E-state index in [0.717, 1.165) is 47.3 Å². The zero-order valence-electron chi connectivity index (χ0n) is 12.1. The van der Waals surface area contributed by atoms with Gasteiger partial charge in [-0.1, -0.05) is 0 Å². The first-order valence-corrected chi connectivity index (χ1v) is 7.98. The normalized spacial score (nSPS) is 19.6. The Hall–Kier alpha value is -0.750. The average molecular weight is 330 g/mol. The van der Waals surface area contributed by atoms with Crippen molar-refractivity contribution < 1.29 is 4.39 Å². The van der Waals surface area contributed by atoms with E-state index in [9.17, 15) is 4.39 Å². The van der Waals surface area contributed by atoms with Crippen LogP contribution in [0.1, 0.15) is 17.8 Å². The van der Waals surface area contributed by atoms with Gasteiger partial charge in [0.1, 0.15) is 10.8 Å². The molecule has 1 N–H and O–H groups in total. The van der Waals surface area contributed by atoms with E-state index < -0.39 is 0 Å². The summed E-state index contributed by atoms with van der Waals surface area (Å²) in [5.41, 5.74) is 0.912. The zero-order valence-corrected chi connectivity index (χ0v) is 13.8. The first-order valence-electron chi connectivity index (χ1n) is 7.16. The number of halogens is 2. The molecule has 0 amide bonds. The van der Waals surface area contributed by atoms with Gasteiger partial charge in [0.25, 0.3) is 0 Å². The maximum absolute atomic E-state index is 13.2. The molecule has 21 heavy (non-hydrogen) atoms. The van der Waals surface area contributed by atoms with Gasteiger partial charge in [-0.2, -0.15) is 0 Å². The van der Waals surface area contributed by atoms with Gasteiger partial charge in [0.15, 0.2) is 0 Å². The van der Waals surface area contributed by atoms with Crippen LogP contribution in [-0.4, -0.2) is 36.6 Å². The van der Waals surface area contributed by atoms with Crippen LogP contribution >= 0.6 is 23.7 Å². The second-order valence-electron chi connectivity index (χ2n) is 5.52. The highest BCUT2D eigenvalue weighted by atomic mass is 35.5. The van der Waals surface area contributed by atoms with E-state index >= 15 is 0 Å². The second kappa shape index (κ2) is 7.49. The molecule has 1 aliphatic rings. The molecule has 0 aliphatic carbocycles. The van der Waals surface area contributed by atoms with Crippen LogP contribution in [0.2, 0.25) is 0 Å². The van der Waals surface area contributed by atoms with E-state index in [0.29, 0.717) is 0 Å². The number of likely N-dealkylation sites (tertiary alicyclic amines) is 1. The maximum atomic E-state index is 13.2. The molecule has 6 heteroatoms. The summed E-state index contributed by atoms with van der Waals surface area (Å²) in [6.45, 7) is 4.25. The first kappa shape index (κ1) is 16.6. The average Bonchev–Trinajstić information content (AvgIpc) is 2.81. The number of nitrogens with one attached hydrogen (secondary N) is 1. The number of piperidine rings is 1. The predicted octanol–water partition coefficient (Wildman–Crippen LogP) is 3.29. The zero-order chi connectivity index (χ0) is 13.9. The molecule has 1 saturated heterocycles. The topological polar surface area (TPSA) is 28.2 Å². The predicted molar refractivity (Wildman–Crippen MR) is 88.8 cm³/mol. The lowest BCUT2D eigenvalue weighted by molar-refractivity contribution is 0.167. The minimum Gasteiger partial charge on any atom is -0.319 e. The Morgan fingerprint density at radius 1 is 1.48 bits per heavy atom. The Morgan fingerprint density at radius 2 is 2.33 bits per heavy atom. The molecule has 1 unspecified atom stereocenters. The monoisotopic (exact) mass is 329 g/mol. The van der Waals surface area contributed by atoms with E-state index in [2.05, 4.69) is 15.2 Å². The van der Waals surface area contributed by atoms with Crippen LogP contribution in [-0.2, 0) is 6.54 Å². The molecule has 1 fully saturated rings. The summed E-state index contributed by atoms with van der Waals surface area (Å²) in [7, 11) is 2.01. The van der Waals surface area contributed by atoms with Gasteiger partial charge in [0.2, 0.25) is 0 Å². The molecule has 0 spiro atoms. The van der Waals surface area contributed by atoms with Crippen LogP contribution in [0.4, 0.5) is 4.39 Å². The Labute approximate surface area is 135 Å². The van der Waals surface area contributed by atoms with Gasteiger partial charge in [-0.05, 0) is 57.1 Å². The molecule has 1 atom stereocenters. The standard InChI is InChI=1S/C15H20FN3S.ClH/c1-17-8-11-3-2-6-19(9-11)10-15-18-13-5-4-12(16)7-14(13)20-15;/h4-5,7,11,17H,2-3,6,8-10H2,1H3;1H. The summed E-state index contributed by atoms with van der Waals surface area (Å²) >= 11 is 1.61. The molecule has 3 rings (SSSR count). The summed E-state index contributed by atoms with van der Waals surface area (Å²) in [6.07, 6.45) is 2.56. The SMILES string of the molecule is CNCC1CCCN(Cc2nc3ccc(F)cc3s2)C1.Cl. The van der Waals surface area contributed by atoms with Crippen molar-refractivity contribution in [2.24, 2.45) is 5.92 Å². The fraction of sp³-hybridized carbons (Fsp3) is 0.533. The highest BCUT2D eigenvalue weighted by Gasteiger charge is 2.20. The van der Waals surface area contributed by atoms with Crippen molar-refractivity contribution in [3.63, 3.8) is 0 Å². The van der Waals surface area contributed by atoms with Crippen molar-refractivity contribution in [2.75, 3.05) is 26.7 Å². The highest BCUT2D eigenvalue weighted by molar-refractivity contribution is 7.18. The maximum Gasteiger partial charge on any atom is 0.124 e. The van der Waals surface area contributed by atoms with Crippen molar-refractivity contribution in [3.05, 3.63) is 29.0 Å². The smallest absolute Gasteiger partial charge is 0.124 e. The Balaban J connectivity index is 0.00000161. The van der Waals surface area contributed by atoms with Crippen LogP contribution in [0, 0.1) is 11.7 Å². The number of fused-ring (bicyclic) bond motifs is 1. The summed E-state index contributed by atoms with van der Waals surface area (Å²) in [4.78, 5) is 7.09. The number of thiazole rings is 1. The van der Waals surface area contributed by atoms with Gasteiger partial charge in [0.05, 0.1) is 16.8 Å². The first-order chi connectivity index (χ1) is 9.74. The third-order valence-electron chi connectivity index (χ3n) is 3.85. The van der Waals surface area contributed by atoms with Gasteiger partial charge in [-0.3, -0.25) is 4.90 Å². The fourth-order valence-corrected chi connectivity index (χ4v) is 3.99. The third-order valence-corrected chi connectivity index (χ3v) is 4.85. The van der Waals surface area contributed by atoms with Crippen molar-refractivity contribution >= 4 is 34.0 Å². The fourth-order valence-electron chi connectivity index (χ4n) is 2.96. The van der Waals surface area contributed by atoms with Crippen molar-refractivity contribution in [1.29, 1.82) is 0 Å². The van der Waals surface area contributed by atoms with E-state index in [1.54, 1.807) is 23.5 Å². The van der Waals surface area contributed by atoms with Crippen molar-refractivity contribution in [2.45, 2.75) is 19.4 Å². The molecule has 2 aromatic rings. The Bertz CT molecular complexity index is 587. The van der Waals surface area contributed by atoms with Crippen LogP contribution in [0.5, 0.6) is 0 Å². The molecular formula is C15H21ClFN3S. The number of hydrogen-bond acceptors (Lipinski definition) is 4. The molecule has 1 aromatic heterocycles. The van der Waals surface area contributed by atoms with Gasteiger partial charge < -0.3 is 5.32 Å². The molecule has 1 aliphatic heterocycles. The molecule has 3 nitrogen and oxygen atoms in total. The van der Waals surface area contributed by atoms with Crippen LogP contribution < -0.4 is 5.32 Å². The molecule has 0 radical (unpaired) electrons. The van der Waals surface area contributed by atoms with Crippen LogP contribution in [0.3, 0.4) is 0 Å². The quantitative estimate of drug-likeness (QED) is 0.933. The molecular weight excluding hydrogens is 309 g/mol. The summed E-state index contributed by atoms with van der Waals surface area (Å²) in [5.74, 6) is 0.556. The van der Waals surface area contributed by atoms with E-state index in [4.69, 9.17) is 0 Å². The summed E-state index contributed by atoms with van der Waals surface area (Å²) in [5, 5.41) is 4.36. The Kier molecular flexibility index (Phi) is 5.93. The number of hydrogen-bond donors (Lipinski definition) is 1. The molecule has 0 saturated carbocycles. The summed E-state index contributed by atoms with van der Waals surface area (Å²) in [6, 6.07) is 4.83. The lowest BCUT2D eigenvalue weighted by Crippen LogP contribution is -2.38. The molecule has 1 aromatic carbocycles. The van der Waals surface area contributed by atoms with Crippen LogP contribution in [0.15, 0.2) is 18.2 Å². The second-order valence-corrected chi connectivity index (χ2v) is 6.64. The van der Waals surface area contributed by atoms with Gasteiger partial charge >= 0.3 is 0 Å². The van der Waals surface area contributed by atoms with Gasteiger partial charge in [-0.15, -0.1) is 23.7 Å². The van der Waals surface area contributed by atoms with Gasteiger partial charge in [0, 0.05) is 6.54 Å². The molecule has 0 bridgehead atoms. The van der Waals surface area contributed by atoms with E-state index in [-0.39, 0.29) is 18.2 Å². The largest absolute Gasteiger partial charge is 0.319 e. The summed E-state index contributed by atoms with van der Waals surface area (Å²) < 4.78 is 14.1. The minimum atomic E-state index is -0.181. The minimum absolute atomic E-state index is 0. The van der Waals surface area contributed by atoms with Crippen molar-refractivity contribution in [3.8, 4) is 0 Å². The van der Waals surface area contributed by atoms with Gasteiger partial charge in [-0.25, -0.2) is 9.37 Å². The highest BCUT2D eigenvalue weighted by Crippen LogP contribution is 2.25. The van der Waals surface area contributed by atoms with Crippen LogP contribution in [0.25, 0.3) is 10.2 Å². The van der Waals surface area contributed by atoms with E-state index in [1.807, 2.05) is 7.05 Å². The van der Waals surface area contributed by atoms with E-state index in [1.165, 1.54) is 18.9 Å². The number of benzene rings is 1. The number of rotatable bonds is 4. The molecule has 116 valence electrons. The van der Waals surface area contributed by atoms with Crippen molar-refractivity contribution in [1.82, 2.24) is 15.2 Å². The third kappa shape index (κ3) is 4.13. The lowest BCUT2D eigenvalue weighted by atomic mass is 9.98. The number of nitrogens with zero attached hydrogens (tertiary/aromatic N) is 2. The molecule has 2 heterocycles.